The number of hydrogen-bond donors (Lipinski definition) is 2. The Morgan fingerprint density at radius 3 is 2.57 bits per heavy atom. The molecule has 0 bridgehead atoms. The van der Waals surface area contributed by atoms with Gasteiger partial charge in [0.25, 0.3) is 0 Å². The molecule has 0 atom stereocenters. The number of ether oxygens (including phenoxy) is 1. The normalized spacial score (nSPS) is 14.2. The van der Waals surface area contributed by atoms with Crippen molar-refractivity contribution >= 4 is 11.8 Å². The molecule has 1 fully saturated rings. The van der Waals surface area contributed by atoms with Gasteiger partial charge in [0.05, 0.1) is 25.5 Å². The largest absolute Gasteiger partial charge is 0.496 e. The molecule has 148 valence electrons. The third kappa shape index (κ3) is 5.31. The number of aryl methyl sites for hydroxylation is 1. The highest BCUT2D eigenvalue weighted by Crippen LogP contribution is 2.35. The lowest BCUT2D eigenvalue weighted by atomic mass is 10.1. The van der Waals surface area contributed by atoms with Gasteiger partial charge in [0.2, 0.25) is 11.8 Å². The molecule has 2 amide bonds. The molecule has 0 unspecified atom stereocenters. The Morgan fingerprint density at radius 2 is 1.89 bits per heavy atom. The summed E-state index contributed by atoms with van der Waals surface area (Å²) in [6.07, 6.45) is 1.99. The second kappa shape index (κ2) is 8.42. The average molecular weight is 384 g/mol. The Balaban J connectivity index is 1.51. The van der Waals surface area contributed by atoms with E-state index in [2.05, 4.69) is 10.6 Å². The first-order valence-electron chi connectivity index (χ1n) is 9.35. The summed E-state index contributed by atoms with van der Waals surface area (Å²) in [6.45, 7) is 2.34. The molecule has 0 heterocycles. The van der Waals surface area contributed by atoms with Crippen molar-refractivity contribution in [2.75, 3.05) is 13.7 Å². The number of hydrogen-bond acceptors (Lipinski definition) is 3. The summed E-state index contributed by atoms with van der Waals surface area (Å²) in [5.41, 5.74) is 2.14. The van der Waals surface area contributed by atoms with E-state index in [-0.39, 0.29) is 36.0 Å². The maximum atomic E-state index is 13.2. The topological polar surface area (TPSA) is 67.4 Å². The van der Waals surface area contributed by atoms with E-state index < -0.39 is 0 Å². The Kier molecular flexibility index (Phi) is 5.97. The molecule has 0 aromatic heterocycles. The minimum atomic E-state index is -0.383. The summed E-state index contributed by atoms with van der Waals surface area (Å²) in [6, 6.07) is 11.7. The second-order valence-corrected chi connectivity index (χ2v) is 7.40. The fraction of sp³-hybridized carbons (Fsp3) is 0.364. The van der Waals surface area contributed by atoms with E-state index in [0.29, 0.717) is 17.9 Å². The number of halogens is 1. The quantitative estimate of drug-likeness (QED) is 0.735. The minimum absolute atomic E-state index is 0.0965. The lowest BCUT2D eigenvalue weighted by Gasteiger charge is -2.19. The van der Waals surface area contributed by atoms with Crippen LogP contribution >= 0.6 is 0 Å². The Hall–Kier alpha value is -2.89. The second-order valence-electron chi connectivity index (χ2n) is 7.40. The third-order valence-corrected chi connectivity index (χ3v) is 4.92. The summed E-state index contributed by atoms with van der Waals surface area (Å²) < 4.78 is 18.5. The number of amides is 2. The first-order valence-corrected chi connectivity index (χ1v) is 9.35. The van der Waals surface area contributed by atoms with Crippen LogP contribution in [0, 0.1) is 12.7 Å². The number of benzene rings is 2. The maximum absolute atomic E-state index is 13.2. The first-order chi connectivity index (χ1) is 13.4. The van der Waals surface area contributed by atoms with E-state index in [9.17, 15) is 14.0 Å². The predicted octanol–water partition coefficient (Wildman–Crippen LogP) is 2.69. The zero-order chi connectivity index (χ0) is 20.1. The molecule has 3 rings (SSSR count). The molecule has 0 spiro atoms. The van der Waals surface area contributed by atoms with Crippen molar-refractivity contribution < 1.29 is 18.7 Å². The standard InChI is InChI=1S/C22H25FN2O3/c1-15-6-7-19(28-2)17(10-15)13-21(27)25-22(8-9-22)14-24-20(26)12-16-4-3-5-18(23)11-16/h3-7,10-11H,8-9,12-14H2,1-2H3,(H,24,26)(H,25,27). The highest BCUT2D eigenvalue weighted by molar-refractivity contribution is 5.81. The zero-order valence-electron chi connectivity index (χ0n) is 16.2. The average Bonchev–Trinajstić information content (AvgIpc) is 3.40. The lowest BCUT2D eigenvalue weighted by Crippen LogP contribution is -2.46. The molecule has 2 N–H and O–H groups in total. The summed E-state index contributed by atoms with van der Waals surface area (Å²) in [5, 5.41) is 5.90. The van der Waals surface area contributed by atoms with Crippen molar-refractivity contribution in [2.24, 2.45) is 0 Å². The van der Waals surface area contributed by atoms with Gasteiger partial charge in [0.1, 0.15) is 11.6 Å². The molecular formula is C22H25FN2O3. The predicted molar refractivity (Wildman–Crippen MR) is 105 cm³/mol. The van der Waals surface area contributed by atoms with Crippen molar-refractivity contribution in [3.63, 3.8) is 0 Å². The number of nitrogens with one attached hydrogen (secondary N) is 2. The first kappa shape index (κ1) is 19.9. The van der Waals surface area contributed by atoms with Crippen LogP contribution in [0.2, 0.25) is 0 Å². The summed E-state index contributed by atoms with van der Waals surface area (Å²) in [5.74, 6) is 0.0454. The number of carbonyl (C=O) groups excluding carboxylic acids is 2. The van der Waals surface area contributed by atoms with Crippen molar-refractivity contribution in [3.05, 3.63) is 65.0 Å². The summed E-state index contributed by atoms with van der Waals surface area (Å²) >= 11 is 0. The fourth-order valence-electron chi connectivity index (χ4n) is 3.22. The van der Waals surface area contributed by atoms with Gasteiger partial charge in [0, 0.05) is 12.1 Å². The van der Waals surface area contributed by atoms with Gasteiger partial charge in [-0.2, -0.15) is 0 Å². The van der Waals surface area contributed by atoms with E-state index >= 15 is 0 Å². The third-order valence-electron chi connectivity index (χ3n) is 4.92. The van der Waals surface area contributed by atoms with Crippen LogP contribution in [0.3, 0.4) is 0 Å². The van der Waals surface area contributed by atoms with Crippen LogP contribution in [0.5, 0.6) is 5.75 Å². The van der Waals surface area contributed by atoms with Gasteiger partial charge in [-0.25, -0.2) is 4.39 Å². The lowest BCUT2D eigenvalue weighted by molar-refractivity contribution is -0.123. The van der Waals surface area contributed by atoms with Crippen molar-refractivity contribution in [1.82, 2.24) is 10.6 Å². The number of carbonyl (C=O) groups is 2. The van der Waals surface area contributed by atoms with Crippen LogP contribution in [0.4, 0.5) is 4.39 Å². The van der Waals surface area contributed by atoms with Gasteiger partial charge in [0.15, 0.2) is 0 Å². The van der Waals surface area contributed by atoms with E-state index in [4.69, 9.17) is 4.74 Å². The van der Waals surface area contributed by atoms with Gasteiger partial charge >= 0.3 is 0 Å². The van der Waals surface area contributed by atoms with E-state index in [1.54, 1.807) is 19.2 Å². The molecule has 0 radical (unpaired) electrons. The molecule has 6 heteroatoms. The summed E-state index contributed by atoms with van der Waals surface area (Å²) in [7, 11) is 1.59. The molecule has 0 saturated heterocycles. The molecule has 2 aromatic carbocycles. The van der Waals surface area contributed by atoms with Gasteiger partial charge in [-0.15, -0.1) is 0 Å². The van der Waals surface area contributed by atoms with Crippen LogP contribution in [0.1, 0.15) is 29.5 Å². The van der Waals surface area contributed by atoms with Crippen LogP contribution in [0.25, 0.3) is 0 Å². The highest BCUT2D eigenvalue weighted by Gasteiger charge is 2.44. The Labute approximate surface area is 164 Å². The molecule has 1 saturated carbocycles. The zero-order valence-corrected chi connectivity index (χ0v) is 16.2. The summed E-state index contributed by atoms with van der Waals surface area (Å²) in [4.78, 5) is 24.6. The van der Waals surface area contributed by atoms with Gasteiger partial charge in [-0.05, 0) is 43.5 Å². The Morgan fingerprint density at radius 1 is 1.11 bits per heavy atom. The monoisotopic (exact) mass is 384 g/mol. The van der Waals surface area contributed by atoms with Crippen LogP contribution in [0.15, 0.2) is 42.5 Å². The minimum Gasteiger partial charge on any atom is -0.496 e. The molecule has 0 aliphatic heterocycles. The molecule has 5 nitrogen and oxygen atoms in total. The molecule has 1 aliphatic carbocycles. The molecule has 28 heavy (non-hydrogen) atoms. The highest BCUT2D eigenvalue weighted by atomic mass is 19.1. The number of methoxy groups -OCH3 is 1. The number of rotatable bonds is 8. The Bertz CT molecular complexity index is 878. The van der Waals surface area contributed by atoms with Crippen molar-refractivity contribution in [3.8, 4) is 5.75 Å². The van der Waals surface area contributed by atoms with E-state index in [1.165, 1.54) is 12.1 Å². The molecular weight excluding hydrogens is 359 g/mol. The smallest absolute Gasteiger partial charge is 0.225 e. The molecule has 1 aliphatic rings. The van der Waals surface area contributed by atoms with Crippen molar-refractivity contribution in [1.29, 1.82) is 0 Å². The van der Waals surface area contributed by atoms with Crippen LogP contribution < -0.4 is 15.4 Å². The van der Waals surface area contributed by atoms with Crippen LogP contribution in [-0.2, 0) is 22.4 Å². The fourth-order valence-corrected chi connectivity index (χ4v) is 3.22. The SMILES string of the molecule is COc1ccc(C)cc1CC(=O)NC1(CNC(=O)Cc2cccc(F)c2)CC1. The molecule has 2 aromatic rings. The van der Waals surface area contributed by atoms with Crippen LogP contribution in [-0.4, -0.2) is 31.0 Å². The van der Waals surface area contributed by atoms with E-state index in [0.717, 1.165) is 24.0 Å². The maximum Gasteiger partial charge on any atom is 0.225 e. The van der Waals surface area contributed by atoms with Gasteiger partial charge in [-0.3, -0.25) is 9.59 Å². The van der Waals surface area contributed by atoms with Gasteiger partial charge < -0.3 is 15.4 Å². The van der Waals surface area contributed by atoms with Crippen molar-refractivity contribution in [2.45, 2.75) is 38.1 Å². The van der Waals surface area contributed by atoms with E-state index in [1.807, 2.05) is 25.1 Å². The van der Waals surface area contributed by atoms with Gasteiger partial charge in [-0.1, -0.05) is 29.8 Å².